The number of pyridine rings is 1. The Labute approximate surface area is 126 Å². The Morgan fingerprint density at radius 2 is 1.95 bits per heavy atom. The van der Waals surface area contributed by atoms with E-state index in [0.29, 0.717) is 11.8 Å². The molecule has 3 aliphatic rings. The van der Waals surface area contributed by atoms with Crippen molar-refractivity contribution in [1.82, 2.24) is 14.8 Å². The number of aromatic nitrogens is 1. The van der Waals surface area contributed by atoms with Crippen molar-refractivity contribution in [2.24, 2.45) is 17.8 Å². The molecule has 3 fully saturated rings. The van der Waals surface area contributed by atoms with Gasteiger partial charge in [-0.15, -0.1) is 0 Å². The van der Waals surface area contributed by atoms with Crippen LogP contribution in [-0.2, 0) is 0 Å². The summed E-state index contributed by atoms with van der Waals surface area (Å²) in [5.41, 5.74) is 0.726. The summed E-state index contributed by atoms with van der Waals surface area (Å²) in [6.07, 6.45) is 7.68. The predicted molar refractivity (Wildman–Crippen MR) is 80.9 cm³/mol. The van der Waals surface area contributed by atoms with Gasteiger partial charge in [-0.3, -0.25) is 9.78 Å². The number of hydrogen-bond donors (Lipinski definition) is 0. The molecular weight excluding hydrogens is 262 g/mol. The largest absolute Gasteiger partial charge is 0.338 e. The summed E-state index contributed by atoms with van der Waals surface area (Å²) >= 11 is 0. The maximum Gasteiger partial charge on any atom is 0.255 e. The highest BCUT2D eigenvalue weighted by molar-refractivity contribution is 5.94. The number of fused-ring (bicyclic) bond motifs is 1. The fourth-order valence-corrected chi connectivity index (χ4v) is 4.12. The molecule has 3 heterocycles. The van der Waals surface area contributed by atoms with Gasteiger partial charge in [-0.05, 0) is 42.7 Å². The number of likely N-dealkylation sites (tertiary alicyclic amines) is 2. The van der Waals surface area contributed by atoms with Gasteiger partial charge in [0.1, 0.15) is 0 Å². The molecule has 4 nitrogen and oxygen atoms in total. The van der Waals surface area contributed by atoms with Crippen LogP contribution < -0.4 is 0 Å². The number of carbonyl (C=O) groups is 1. The van der Waals surface area contributed by atoms with Crippen molar-refractivity contribution in [2.75, 3.05) is 32.7 Å². The molecule has 2 aliphatic heterocycles. The minimum absolute atomic E-state index is 0.156. The molecule has 112 valence electrons. The number of amides is 1. The zero-order valence-corrected chi connectivity index (χ0v) is 12.4. The highest BCUT2D eigenvalue weighted by Crippen LogP contribution is 2.34. The summed E-state index contributed by atoms with van der Waals surface area (Å²) in [6, 6.07) is 3.71. The van der Waals surface area contributed by atoms with E-state index in [0.717, 1.165) is 24.6 Å². The topological polar surface area (TPSA) is 36.4 Å². The molecule has 0 radical (unpaired) electrons. The van der Waals surface area contributed by atoms with Crippen LogP contribution in [0, 0.1) is 17.8 Å². The average molecular weight is 285 g/mol. The first kappa shape index (κ1) is 13.3. The monoisotopic (exact) mass is 285 g/mol. The van der Waals surface area contributed by atoms with Gasteiger partial charge in [-0.2, -0.15) is 0 Å². The normalized spacial score (nSPS) is 29.4. The highest BCUT2D eigenvalue weighted by atomic mass is 16.2. The third kappa shape index (κ3) is 2.57. The number of nitrogens with zero attached hydrogens (tertiary/aromatic N) is 3. The van der Waals surface area contributed by atoms with Crippen molar-refractivity contribution in [1.29, 1.82) is 0 Å². The van der Waals surface area contributed by atoms with Gasteiger partial charge < -0.3 is 9.80 Å². The first-order valence-corrected chi connectivity index (χ1v) is 8.21. The Morgan fingerprint density at radius 1 is 1.19 bits per heavy atom. The van der Waals surface area contributed by atoms with E-state index in [9.17, 15) is 4.79 Å². The second kappa shape index (κ2) is 5.41. The molecule has 2 saturated heterocycles. The van der Waals surface area contributed by atoms with E-state index in [-0.39, 0.29) is 5.91 Å². The van der Waals surface area contributed by atoms with E-state index in [1.165, 1.54) is 38.9 Å². The van der Waals surface area contributed by atoms with Crippen LogP contribution >= 0.6 is 0 Å². The quantitative estimate of drug-likeness (QED) is 0.851. The molecule has 1 aromatic rings. The SMILES string of the molecule is O=C(c1cccnc1)N1C[C@H]2CN(CC3CCC3)C[C@H]2C1. The third-order valence-corrected chi connectivity index (χ3v) is 5.50. The summed E-state index contributed by atoms with van der Waals surface area (Å²) in [4.78, 5) is 21.2. The number of hydrogen-bond acceptors (Lipinski definition) is 3. The average Bonchev–Trinajstić information content (AvgIpc) is 3.01. The second-order valence-corrected chi connectivity index (χ2v) is 6.99. The van der Waals surface area contributed by atoms with Gasteiger partial charge in [0, 0.05) is 45.1 Å². The summed E-state index contributed by atoms with van der Waals surface area (Å²) < 4.78 is 0. The van der Waals surface area contributed by atoms with E-state index in [1.807, 2.05) is 17.0 Å². The number of carbonyl (C=O) groups excluding carboxylic acids is 1. The van der Waals surface area contributed by atoms with Gasteiger partial charge in [-0.25, -0.2) is 0 Å². The predicted octanol–water partition coefficient (Wildman–Crippen LogP) is 1.89. The summed E-state index contributed by atoms with van der Waals surface area (Å²) in [7, 11) is 0. The minimum Gasteiger partial charge on any atom is -0.338 e. The molecule has 1 aliphatic carbocycles. The Hall–Kier alpha value is -1.42. The first-order chi connectivity index (χ1) is 10.3. The maximum absolute atomic E-state index is 12.5. The maximum atomic E-state index is 12.5. The van der Waals surface area contributed by atoms with Crippen molar-refractivity contribution < 1.29 is 4.79 Å². The van der Waals surface area contributed by atoms with Gasteiger partial charge in [-0.1, -0.05) is 6.42 Å². The van der Waals surface area contributed by atoms with Gasteiger partial charge in [0.25, 0.3) is 5.91 Å². The lowest BCUT2D eigenvalue weighted by atomic mass is 9.85. The summed E-state index contributed by atoms with van der Waals surface area (Å²) in [5.74, 6) is 2.48. The van der Waals surface area contributed by atoms with Crippen molar-refractivity contribution >= 4 is 5.91 Å². The minimum atomic E-state index is 0.156. The van der Waals surface area contributed by atoms with E-state index < -0.39 is 0 Å². The van der Waals surface area contributed by atoms with Crippen LogP contribution in [-0.4, -0.2) is 53.4 Å². The molecule has 0 unspecified atom stereocenters. The molecule has 0 N–H and O–H groups in total. The third-order valence-electron chi connectivity index (χ3n) is 5.50. The van der Waals surface area contributed by atoms with Crippen molar-refractivity contribution in [3.63, 3.8) is 0 Å². The fraction of sp³-hybridized carbons (Fsp3) is 0.647. The molecule has 1 aromatic heterocycles. The zero-order valence-electron chi connectivity index (χ0n) is 12.4. The highest BCUT2D eigenvalue weighted by Gasteiger charge is 2.42. The van der Waals surface area contributed by atoms with Crippen molar-refractivity contribution in [2.45, 2.75) is 19.3 Å². The molecular formula is C17H23N3O. The van der Waals surface area contributed by atoms with Crippen molar-refractivity contribution in [3.8, 4) is 0 Å². The van der Waals surface area contributed by atoms with E-state index in [4.69, 9.17) is 0 Å². The standard InChI is InChI=1S/C17H23N3O/c21-17(14-5-2-6-18-7-14)20-11-15-9-19(10-16(15)12-20)8-13-3-1-4-13/h2,5-7,13,15-16H,1,3-4,8-12H2/t15-,16+. The van der Waals surface area contributed by atoms with Gasteiger partial charge in [0.05, 0.1) is 5.56 Å². The van der Waals surface area contributed by atoms with Crippen LogP contribution in [0.15, 0.2) is 24.5 Å². The van der Waals surface area contributed by atoms with E-state index >= 15 is 0 Å². The molecule has 4 rings (SSSR count). The zero-order chi connectivity index (χ0) is 14.2. The molecule has 0 bridgehead atoms. The van der Waals surface area contributed by atoms with Gasteiger partial charge in [0.2, 0.25) is 0 Å². The van der Waals surface area contributed by atoms with Crippen LogP contribution in [0.25, 0.3) is 0 Å². The summed E-state index contributed by atoms with van der Waals surface area (Å²) in [5, 5.41) is 0. The lowest BCUT2D eigenvalue weighted by Crippen LogP contribution is -2.36. The van der Waals surface area contributed by atoms with Crippen LogP contribution in [0.1, 0.15) is 29.6 Å². The Kier molecular flexibility index (Phi) is 3.42. The fourth-order valence-electron chi connectivity index (χ4n) is 4.12. The molecule has 1 saturated carbocycles. The van der Waals surface area contributed by atoms with Crippen molar-refractivity contribution in [3.05, 3.63) is 30.1 Å². The summed E-state index contributed by atoms with van der Waals surface area (Å²) in [6.45, 7) is 5.54. The Balaban J connectivity index is 1.34. The number of rotatable bonds is 3. The molecule has 0 aromatic carbocycles. The van der Waals surface area contributed by atoms with Gasteiger partial charge in [0.15, 0.2) is 0 Å². The van der Waals surface area contributed by atoms with E-state index in [2.05, 4.69) is 9.88 Å². The molecule has 4 heteroatoms. The molecule has 1 amide bonds. The van der Waals surface area contributed by atoms with Crippen LogP contribution in [0.3, 0.4) is 0 Å². The van der Waals surface area contributed by atoms with Gasteiger partial charge >= 0.3 is 0 Å². The van der Waals surface area contributed by atoms with Crippen LogP contribution in [0.5, 0.6) is 0 Å². The lowest BCUT2D eigenvalue weighted by molar-refractivity contribution is 0.0770. The molecule has 21 heavy (non-hydrogen) atoms. The second-order valence-electron chi connectivity index (χ2n) is 6.99. The Morgan fingerprint density at radius 3 is 2.52 bits per heavy atom. The van der Waals surface area contributed by atoms with Crippen LogP contribution in [0.4, 0.5) is 0 Å². The lowest BCUT2D eigenvalue weighted by Gasteiger charge is -2.31. The molecule has 2 atom stereocenters. The Bertz CT molecular complexity index is 500. The van der Waals surface area contributed by atoms with Crippen LogP contribution in [0.2, 0.25) is 0 Å². The smallest absolute Gasteiger partial charge is 0.255 e. The van der Waals surface area contributed by atoms with E-state index in [1.54, 1.807) is 12.4 Å². The molecule has 0 spiro atoms. The first-order valence-electron chi connectivity index (χ1n) is 8.21.